The number of rotatable bonds is 4. The molecule has 0 atom stereocenters. The average molecular weight is 424 g/mol. The molecule has 0 saturated carbocycles. The smallest absolute Gasteiger partial charge is 0.343 e. The lowest BCUT2D eigenvalue weighted by atomic mass is 10.0. The molecule has 1 amide bonds. The maximum Gasteiger partial charge on any atom is 0.343 e. The molecule has 0 unspecified atom stereocenters. The molecule has 150 valence electrons. The highest BCUT2D eigenvalue weighted by Gasteiger charge is 2.24. The van der Waals surface area contributed by atoms with E-state index in [4.69, 9.17) is 21.1 Å². The minimum Gasteiger partial charge on any atom is -0.493 e. The molecule has 1 N–H and O–H groups in total. The lowest BCUT2D eigenvalue weighted by Crippen LogP contribution is -2.09. The van der Waals surface area contributed by atoms with Crippen molar-refractivity contribution in [2.24, 2.45) is 0 Å². The van der Waals surface area contributed by atoms with Crippen LogP contribution in [-0.2, 0) is 4.79 Å². The molecule has 0 aromatic heterocycles. The zero-order valence-electron chi connectivity index (χ0n) is 15.7. The number of methoxy groups -OCH3 is 1. The Kier molecular flexibility index (Phi) is 5.25. The summed E-state index contributed by atoms with van der Waals surface area (Å²) in [5, 5.41) is 3.31. The second kappa shape index (κ2) is 8.00. The standard InChI is InChI=1S/C23H15ClFNO4/c1-29-21-11-13(10-18-17-12-15(24)5-8-19(17)26-22(18)27)2-9-20(21)30-23(28)14-3-6-16(25)7-4-14/h2-12H,1H3,(H,26,27). The summed E-state index contributed by atoms with van der Waals surface area (Å²) >= 11 is 6.06. The summed E-state index contributed by atoms with van der Waals surface area (Å²) in [6, 6.07) is 15.1. The third kappa shape index (κ3) is 3.90. The summed E-state index contributed by atoms with van der Waals surface area (Å²) in [7, 11) is 1.44. The minimum absolute atomic E-state index is 0.202. The van der Waals surface area contributed by atoms with Crippen molar-refractivity contribution in [3.63, 3.8) is 0 Å². The van der Waals surface area contributed by atoms with Crippen molar-refractivity contribution in [1.29, 1.82) is 0 Å². The van der Waals surface area contributed by atoms with Crippen molar-refractivity contribution in [3.05, 3.63) is 88.2 Å². The van der Waals surface area contributed by atoms with E-state index in [2.05, 4.69) is 5.32 Å². The maximum absolute atomic E-state index is 13.0. The highest BCUT2D eigenvalue weighted by Crippen LogP contribution is 2.36. The Morgan fingerprint density at radius 2 is 1.80 bits per heavy atom. The summed E-state index contributed by atoms with van der Waals surface area (Å²) in [4.78, 5) is 24.6. The number of carbonyl (C=O) groups excluding carboxylic acids is 2. The first-order chi connectivity index (χ1) is 14.4. The van der Waals surface area contributed by atoms with Gasteiger partial charge in [-0.1, -0.05) is 17.7 Å². The molecular formula is C23H15ClFNO4. The van der Waals surface area contributed by atoms with Crippen molar-refractivity contribution in [1.82, 2.24) is 0 Å². The van der Waals surface area contributed by atoms with Gasteiger partial charge in [0.2, 0.25) is 0 Å². The first-order valence-corrected chi connectivity index (χ1v) is 9.31. The fraction of sp³-hybridized carbons (Fsp3) is 0.0435. The predicted molar refractivity (Wildman–Crippen MR) is 112 cm³/mol. The van der Waals surface area contributed by atoms with Crippen LogP contribution in [0.1, 0.15) is 21.5 Å². The van der Waals surface area contributed by atoms with E-state index in [1.54, 1.807) is 42.5 Å². The van der Waals surface area contributed by atoms with E-state index in [-0.39, 0.29) is 17.2 Å². The molecule has 0 radical (unpaired) electrons. The van der Waals surface area contributed by atoms with E-state index in [9.17, 15) is 14.0 Å². The number of fused-ring (bicyclic) bond motifs is 1. The third-order valence-electron chi connectivity index (χ3n) is 4.55. The summed E-state index contributed by atoms with van der Waals surface area (Å²) in [5.74, 6) is -0.811. The second-order valence-corrected chi connectivity index (χ2v) is 6.95. The average Bonchev–Trinajstić information content (AvgIpc) is 3.04. The zero-order valence-corrected chi connectivity index (χ0v) is 16.5. The fourth-order valence-corrected chi connectivity index (χ4v) is 3.25. The van der Waals surface area contributed by atoms with E-state index in [1.165, 1.54) is 31.4 Å². The van der Waals surface area contributed by atoms with Crippen LogP contribution in [-0.4, -0.2) is 19.0 Å². The van der Waals surface area contributed by atoms with Gasteiger partial charge in [0.15, 0.2) is 11.5 Å². The highest BCUT2D eigenvalue weighted by atomic mass is 35.5. The van der Waals surface area contributed by atoms with Crippen molar-refractivity contribution in [2.75, 3.05) is 12.4 Å². The molecule has 0 saturated heterocycles. The van der Waals surface area contributed by atoms with Gasteiger partial charge in [-0.25, -0.2) is 9.18 Å². The fourth-order valence-electron chi connectivity index (χ4n) is 3.07. The Hall–Kier alpha value is -3.64. The van der Waals surface area contributed by atoms with Gasteiger partial charge in [-0.15, -0.1) is 0 Å². The third-order valence-corrected chi connectivity index (χ3v) is 4.78. The quantitative estimate of drug-likeness (QED) is 0.356. The van der Waals surface area contributed by atoms with Gasteiger partial charge in [0, 0.05) is 21.8 Å². The van der Waals surface area contributed by atoms with Crippen LogP contribution < -0.4 is 14.8 Å². The van der Waals surface area contributed by atoms with E-state index >= 15 is 0 Å². The topological polar surface area (TPSA) is 64.6 Å². The van der Waals surface area contributed by atoms with Crippen molar-refractivity contribution >= 4 is 40.8 Å². The monoisotopic (exact) mass is 423 g/mol. The molecule has 0 aliphatic carbocycles. The molecule has 0 fully saturated rings. The van der Waals surface area contributed by atoms with Gasteiger partial charge in [0.1, 0.15) is 5.82 Å². The van der Waals surface area contributed by atoms with Crippen LogP contribution in [0.25, 0.3) is 11.6 Å². The molecule has 5 nitrogen and oxygen atoms in total. The Morgan fingerprint density at radius 1 is 1.03 bits per heavy atom. The molecule has 7 heteroatoms. The first-order valence-electron chi connectivity index (χ1n) is 8.93. The predicted octanol–water partition coefficient (Wildman–Crippen LogP) is 5.20. The van der Waals surface area contributed by atoms with Gasteiger partial charge in [0.05, 0.1) is 12.7 Å². The number of anilines is 1. The maximum atomic E-state index is 13.0. The van der Waals surface area contributed by atoms with Crippen molar-refractivity contribution < 1.29 is 23.5 Å². The van der Waals surface area contributed by atoms with Crippen LogP contribution >= 0.6 is 11.6 Å². The van der Waals surface area contributed by atoms with Crippen LogP contribution in [0.3, 0.4) is 0 Å². The van der Waals surface area contributed by atoms with Crippen LogP contribution in [0.4, 0.5) is 10.1 Å². The summed E-state index contributed by atoms with van der Waals surface area (Å²) < 4.78 is 23.7. The molecule has 1 aliphatic heterocycles. The Balaban J connectivity index is 1.62. The SMILES string of the molecule is COc1cc(C=C2C(=O)Nc3ccc(Cl)cc32)ccc1OC(=O)c1ccc(F)cc1. The number of halogens is 2. The molecule has 0 spiro atoms. The molecule has 30 heavy (non-hydrogen) atoms. The largest absolute Gasteiger partial charge is 0.493 e. The van der Waals surface area contributed by atoms with Gasteiger partial charge in [-0.3, -0.25) is 4.79 Å². The minimum atomic E-state index is -0.641. The summed E-state index contributed by atoms with van der Waals surface area (Å²) in [6.07, 6.45) is 1.70. The van der Waals surface area contributed by atoms with Gasteiger partial charge in [-0.2, -0.15) is 0 Å². The Labute approximate surface area is 176 Å². The van der Waals surface area contributed by atoms with Gasteiger partial charge < -0.3 is 14.8 Å². The molecule has 4 rings (SSSR count). The number of benzene rings is 3. The summed E-state index contributed by atoms with van der Waals surface area (Å²) in [6.45, 7) is 0. The molecule has 3 aromatic carbocycles. The van der Waals surface area contributed by atoms with Crippen molar-refractivity contribution in [3.8, 4) is 11.5 Å². The molecule has 1 heterocycles. The zero-order chi connectivity index (χ0) is 21.3. The lowest BCUT2D eigenvalue weighted by Gasteiger charge is -2.10. The van der Waals surface area contributed by atoms with Crippen LogP contribution in [0.5, 0.6) is 11.5 Å². The molecule has 0 bridgehead atoms. The highest BCUT2D eigenvalue weighted by molar-refractivity contribution is 6.36. The van der Waals surface area contributed by atoms with Gasteiger partial charge in [0.25, 0.3) is 5.91 Å². The van der Waals surface area contributed by atoms with E-state index in [0.29, 0.717) is 33.2 Å². The Morgan fingerprint density at radius 3 is 2.53 bits per heavy atom. The van der Waals surface area contributed by atoms with Crippen LogP contribution in [0.2, 0.25) is 5.02 Å². The number of nitrogens with one attached hydrogen (secondary N) is 1. The number of ether oxygens (including phenoxy) is 2. The van der Waals surface area contributed by atoms with E-state index in [1.807, 2.05) is 0 Å². The number of hydrogen-bond acceptors (Lipinski definition) is 4. The van der Waals surface area contributed by atoms with E-state index < -0.39 is 11.8 Å². The van der Waals surface area contributed by atoms with Gasteiger partial charge in [-0.05, 0) is 66.2 Å². The normalized spacial score (nSPS) is 13.7. The van der Waals surface area contributed by atoms with Crippen LogP contribution in [0.15, 0.2) is 60.7 Å². The summed E-state index contributed by atoms with van der Waals surface area (Å²) in [5.41, 5.74) is 2.74. The number of carbonyl (C=O) groups is 2. The molecule has 1 aliphatic rings. The lowest BCUT2D eigenvalue weighted by molar-refractivity contribution is -0.110. The second-order valence-electron chi connectivity index (χ2n) is 6.51. The number of esters is 1. The first kappa shape index (κ1) is 19.7. The van der Waals surface area contributed by atoms with E-state index in [0.717, 1.165) is 0 Å². The Bertz CT molecular complexity index is 1190. The number of hydrogen-bond donors (Lipinski definition) is 1. The van der Waals surface area contributed by atoms with Crippen molar-refractivity contribution in [2.45, 2.75) is 0 Å². The van der Waals surface area contributed by atoms with Crippen LogP contribution in [0, 0.1) is 5.82 Å². The molecular weight excluding hydrogens is 409 g/mol. The number of amides is 1. The molecule has 3 aromatic rings. The van der Waals surface area contributed by atoms with Gasteiger partial charge >= 0.3 is 5.97 Å².